The van der Waals surface area contributed by atoms with Crippen LogP contribution in [0.3, 0.4) is 0 Å². The van der Waals surface area contributed by atoms with Crippen LogP contribution in [0.15, 0.2) is 12.2 Å². The van der Waals surface area contributed by atoms with Crippen LogP contribution in [0, 0.1) is 0 Å². The van der Waals surface area contributed by atoms with Gasteiger partial charge in [-0.2, -0.15) is 16.8 Å². The van der Waals surface area contributed by atoms with Gasteiger partial charge in [-0.15, -0.1) is 0 Å². The lowest BCUT2D eigenvalue weighted by Gasteiger charge is -2.03. The summed E-state index contributed by atoms with van der Waals surface area (Å²) < 4.78 is 55.2. The summed E-state index contributed by atoms with van der Waals surface area (Å²) in [5.74, 6) is -0.635. The van der Waals surface area contributed by atoms with E-state index < -0.39 is 37.7 Å². The summed E-state index contributed by atoms with van der Waals surface area (Å²) in [5.41, 5.74) is -0.199. The molecular weight excluding hydrogens is 260 g/mol. The minimum Gasteiger partial charge on any atom is -0.286 e. The molecule has 1 N–H and O–H groups in total. The molecule has 0 rings (SSSR count). The maximum Gasteiger partial charge on any atom is 0.335 e. The Kier molecular flexibility index (Phi) is 5.26. The Morgan fingerprint density at radius 3 is 2.19 bits per heavy atom. The van der Waals surface area contributed by atoms with E-state index in [0.29, 0.717) is 0 Å². The molecule has 0 bridgehead atoms. The van der Waals surface area contributed by atoms with Crippen LogP contribution in [0.2, 0.25) is 0 Å². The largest absolute Gasteiger partial charge is 0.335 e. The minimum atomic E-state index is -4.39. The minimum absolute atomic E-state index is 0.199. The number of hydrogen-bond acceptors (Lipinski definition) is 6. The fraction of sp³-hybridized carbons (Fsp3) is 0.571. The van der Waals surface area contributed by atoms with Crippen molar-refractivity contribution in [1.82, 2.24) is 0 Å². The second-order valence-electron chi connectivity index (χ2n) is 2.98. The van der Waals surface area contributed by atoms with E-state index in [1.807, 2.05) is 0 Å². The predicted octanol–water partition coefficient (Wildman–Crippen LogP) is -0.287. The molecule has 0 aromatic heterocycles. The zero-order chi connectivity index (χ0) is 13.0. The highest BCUT2D eigenvalue weighted by atomic mass is 32.2. The van der Waals surface area contributed by atoms with Crippen molar-refractivity contribution in [3.8, 4) is 0 Å². The Morgan fingerprint density at radius 1 is 1.31 bits per heavy atom. The van der Waals surface area contributed by atoms with E-state index in [0.717, 1.165) is 0 Å². The molecule has 0 unspecified atom stereocenters. The van der Waals surface area contributed by atoms with E-state index in [9.17, 15) is 21.6 Å². The average molecular weight is 272 g/mol. The van der Waals surface area contributed by atoms with Crippen LogP contribution in [-0.2, 0) is 29.2 Å². The van der Waals surface area contributed by atoms with Gasteiger partial charge in [-0.25, -0.2) is 0 Å². The zero-order valence-electron chi connectivity index (χ0n) is 8.54. The lowest BCUT2D eigenvalue weighted by Crippen LogP contribution is -2.19. The zero-order valence-corrected chi connectivity index (χ0v) is 10.2. The second-order valence-corrected chi connectivity index (χ2v) is 6.07. The van der Waals surface area contributed by atoms with Gasteiger partial charge in [0.2, 0.25) is 0 Å². The van der Waals surface area contributed by atoms with E-state index in [4.69, 9.17) is 4.55 Å². The Balaban J connectivity index is 4.23. The first-order chi connectivity index (χ1) is 7.06. The molecule has 0 radical (unpaired) electrons. The van der Waals surface area contributed by atoms with Gasteiger partial charge in [0, 0.05) is 5.57 Å². The summed E-state index contributed by atoms with van der Waals surface area (Å²) in [5, 5.41) is -1.25. The van der Waals surface area contributed by atoms with Crippen molar-refractivity contribution in [2.45, 2.75) is 13.3 Å². The van der Waals surface area contributed by atoms with E-state index in [2.05, 4.69) is 10.8 Å². The first kappa shape index (κ1) is 15.2. The summed E-state index contributed by atoms with van der Waals surface area (Å²) in [7, 11) is -8.55. The lowest BCUT2D eigenvalue weighted by atomic mass is 10.4. The molecule has 0 atom stereocenters. The van der Waals surface area contributed by atoms with Crippen LogP contribution in [0.5, 0.6) is 0 Å². The fourth-order valence-electron chi connectivity index (χ4n) is 0.677. The molecule has 0 saturated carbocycles. The van der Waals surface area contributed by atoms with E-state index in [1.165, 1.54) is 6.92 Å². The van der Waals surface area contributed by atoms with Gasteiger partial charge >= 0.3 is 10.1 Å². The van der Waals surface area contributed by atoms with Gasteiger partial charge < -0.3 is 0 Å². The normalized spacial score (nSPS) is 12.4. The topological polar surface area (TPSA) is 115 Å². The molecule has 0 heterocycles. The molecule has 0 aliphatic carbocycles. The molecule has 0 aromatic rings. The van der Waals surface area contributed by atoms with Crippen molar-refractivity contribution in [2.75, 3.05) is 12.4 Å². The summed E-state index contributed by atoms with van der Waals surface area (Å²) in [6.45, 7) is 3.86. The van der Waals surface area contributed by atoms with Crippen molar-refractivity contribution >= 4 is 25.4 Å². The molecule has 0 aliphatic heterocycles. The van der Waals surface area contributed by atoms with Crippen molar-refractivity contribution < 1.29 is 30.4 Å². The molecule has 0 spiro atoms. The maximum absolute atomic E-state index is 11.1. The van der Waals surface area contributed by atoms with Crippen molar-refractivity contribution in [3.05, 3.63) is 12.2 Å². The monoisotopic (exact) mass is 272 g/mol. The highest BCUT2D eigenvalue weighted by molar-refractivity contribution is 8.02. The fourth-order valence-corrected chi connectivity index (χ4v) is 2.03. The predicted molar refractivity (Wildman–Crippen MR) is 55.7 cm³/mol. The van der Waals surface area contributed by atoms with Gasteiger partial charge in [-0.1, -0.05) is 6.58 Å². The van der Waals surface area contributed by atoms with Gasteiger partial charge in [0.25, 0.3) is 15.2 Å². The molecule has 9 heteroatoms. The van der Waals surface area contributed by atoms with Gasteiger partial charge in [-0.3, -0.25) is 13.5 Å². The third-order valence-corrected chi connectivity index (χ3v) is 3.44. The number of rotatable bonds is 6. The molecule has 0 fully saturated rings. The Labute approximate surface area is 94.0 Å². The smallest absolute Gasteiger partial charge is 0.286 e. The molecular formula is C7H12O7S2. The van der Waals surface area contributed by atoms with Crippen LogP contribution < -0.4 is 0 Å². The molecule has 0 aromatic carbocycles. The molecule has 0 amide bonds. The van der Waals surface area contributed by atoms with Gasteiger partial charge in [0.1, 0.15) is 0 Å². The summed E-state index contributed by atoms with van der Waals surface area (Å²) in [6, 6.07) is 0. The maximum atomic E-state index is 11.1. The lowest BCUT2D eigenvalue weighted by molar-refractivity contribution is -0.109. The Bertz CT molecular complexity index is 471. The quantitative estimate of drug-likeness (QED) is 0.306. The van der Waals surface area contributed by atoms with Crippen LogP contribution in [0.25, 0.3) is 0 Å². The van der Waals surface area contributed by atoms with E-state index >= 15 is 0 Å². The van der Waals surface area contributed by atoms with E-state index in [-0.39, 0.29) is 12.0 Å². The first-order valence-electron chi connectivity index (χ1n) is 4.11. The molecule has 0 aliphatic rings. The summed E-state index contributed by atoms with van der Waals surface area (Å²) in [6.07, 6.45) is -0.235. The molecule has 7 nitrogen and oxygen atoms in total. The van der Waals surface area contributed by atoms with Gasteiger partial charge in [-0.05, 0) is 13.3 Å². The molecule has 0 saturated heterocycles. The highest BCUT2D eigenvalue weighted by Crippen LogP contribution is 2.04. The second kappa shape index (κ2) is 5.53. The Morgan fingerprint density at radius 2 is 1.81 bits per heavy atom. The third kappa shape index (κ3) is 5.95. The van der Waals surface area contributed by atoms with Gasteiger partial charge in [0.15, 0.2) is 0 Å². The molecule has 94 valence electrons. The highest BCUT2D eigenvalue weighted by Gasteiger charge is 2.23. The van der Waals surface area contributed by atoms with Crippen molar-refractivity contribution in [3.63, 3.8) is 0 Å². The van der Waals surface area contributed by atoms with Crippen LogP contribution in [0.4, 0.5) is 0 Å². The summed E-state index contributed by atoms with van der Waals surface area (Å²) in [4.78, 5) is 11.0. The van der Waals surface area contributed by atoms with Crippen molar-refractivity contribution in [2.24, 2.45) is 0 Å². The number of carbonyl (C=O) groups is 1. The average Bonchev–Trinajstić information content (AvgIpc) is 2.09. The van der Waals surface area contributed by atoms with E-state index in [1.54, 1.807) is 0 Å². The van der Waals surface area contributed by atoms with Crippen LogP contribution >= 0.6 is 0 Å². The van der Waals surface area contributed by atoms with Gasteiger partial charge in [0.05, 0.1) is 12.4 Å². The summed E-state index contributed by atoms with van der Waals surface area (Å²) >= 11 is 0. The molecule has 16 heavy (non-hydrogen) atoms. The number of carbonyl (C=O) groups excluding carboxylic acids is 1. The standard InChI is InChI=1S/C7H12O7S2/c1-6(2)7(8)16(12,13)14-4-3-5-15(9,10)11/h1,3-5H2,2H3,(H,9,10,11). The number of hydrogen-bond donors (Lipinski definition) is 1. The van der Waals surface area contributed by atoms with Crippen LogP contribution in [0.1, 0.15) is 13.3 Å². The SMILES string of the molecule is C=C(C)C(=O)S(=O)(=O)OCCCS(=O)(=O)O. The van der Waals surface area contributed by atoms with Crippen molar-refractivity contribution in [1.29, 1.82) is 0 Å². The third-order valence-electron chi connectivity index (χ3n) is 1.36. The first-order valence-corrected chi connectivity index (χ1v) is 7.12. The Hall–Kier alpha value is -0.770. The van der Waals surface area contributed by atoms with Crippen LogP contribution in [-0.4, -0.2) is 38.9 Å².